The number of aromatic nitrogens is 3. The molecule has 2 aromatic heterocycles. The molecule has 102 valence electrons. The fourth-order valence-corrected chi connectivity index (χ4v) is 2.09. The van der Waals surface area contributed by atoms with Crippen molar-refractivity contribution in [2.24, 2.45) is 0 Å². The van der Waals surface area contributed by atoms with Crippen LogP contribution in [0.5, 0.6) is 11.5 Å². The van der Waals surface area contributed by atoms with Crippen molar-refractivity contribution in [1.82, 2.24) is 14.6 Å². The lowest BCUT2D eigenvalue weighted by molar-refractivity contribution is 0.412. The number of pyridine rings is 1. The summed E-state index contributed by atoms with van der Waals surface area (Å²) in [5.74, 6) is 2.51. The molecule has 0 bridgehead atoms. The summed E-state index contributed by atoms with van der Waals surface area (Å²) in [5.41, 5.74) is 1.97. The molecular formula is C15H15N3O2. The minimum absolute atomic E-state index is 0.707. The molecule has 0 N–H and O–H groups in total. The van der Waals surface area contributed by atoms with Crippen molar-refractivity contribution in [2.45, 2.75) is 6.42 Å². The molecule has 0 aliphatic carbocycles. The van der Waals surface area contributed by atoms with E-state index in [9.17, 15) is 0 Å². The van der Waals surface area contributed by atoms with Gasteiger partial charge < -0.3 is 9.47 Å². The number of benzene rings is 1. The highest BCUT2D eigenvalue weighted by atomic mass is 16.5. The summed E-state index contributed by atoms with van der Waals surface area (Å²) in [6, 6.07) is 11.7. The molecule has 0 aliphatic rings. The van der Waals surface area contributed by atoms with Crippen LogP contribution in [-0.4, -0.2) is 28.8 Å². The van der Waals surface area contributed by atoms with Gasteiger partial charge in [0.15, 0.2) is 5.65 Å². The van der Waals surface area contributed by atoms with Crippen LogP contribution in [0.1, 0.15) is 11.4 Å². The Balaban J connectivity index is 1.93. The van der Waals surface area contributed by atoms with Gasteiger partial charge in [-0.15, -0.1) is 10.2 Å². The van der Waals surface area contributed by atoms with Crippen LogP contribution in [-0.2, 0) is 6.42 Å². The lowest BCUT2D eigenvalue weighted by atomic mass is 10.1. The van der Waals surface area contributed by atoms with Crippen molar-refractivity contribution in [3.63, 3.8) is 0 Å². The minimum atomic E-state index is 0.707. The molecule has 3 rings (SSSR count). The number of methoxy groups -OCH3 is 2. The summed E-state index contributed by atoms with van der Waals surface area (Å²) < 4.78 is 12.3. The van der Waals surface area contributed by atoms with Gasteiger partial charge in [-0.2, -0.15) is 0 Å². The molecule has 0 fully saturated rings. The topological polar surface area (TPSA) is 48.7 Å². The standard InChI is InChI=1S/C15H15N3O2/c1-19-12-5-3-11(4-6-12)9-15-17-16-14-8-7-13(20-2)10-18(14)15/h3-8,10H,9H2,1-2H3. The molecule has 5 heteroatoms. The summed E-state index contributed by atoms with van der Waals surface area (Å²) in [4.78, 5) is 0. The van der Waals surface area contributed by atoms with E-state index < -0.39 is 0 Å². The lowest BCUT2D eigenvalue weighted by Gasteiger charge is -2.04. The smallest absolute Gasteiger partial charge is 0.161 e. The first-order valence-corrected chi connectivity index (χ1v) is 6.31. The van der Waals surface area contributed by atoms with E-state index in [2.05, 4.69) is 10.2 Å². The van der Waals surface area contributed by atoms with Gasteiger partial charge in [0.25, 0.3) is 0 Å². The maximum Gasteiger partial charge on any atom is 0.161 e. The van der Waals surface area contributed by atoms with Gasteiger partial charge >= 0.3 is 0 Å². The first-order valence-electron chi connectivity index (χ1n) is 6.31. The van der Waals surface area contributed by atoms with Crippen molar-refractivity contribution in [2.75, 3.05) is 14.2 Å². The van der Waals surface area contributed by atoms with E-state index in [4.69, 9.17) is 9.47 Å². The summed E-state index contributed by atoms with van der Waals surface area (Å²) in [5, 5.41) is 8.39. The van der Waals surface area contributed by atoms with Crippen molar-refractivity contribution >= 4 is 5.65 Å². The largest absolute Gasteiger partial charge is 0.497 e. The highest BCUT2D eigenvalue weighted by Crippen LogP contribution is 2.17. The molecule has 1 aromatic carbocycles. The van der Waals surface area contributed by atoms with E-state index in [0.717, 1.165) is 28.5 Å². The number of rotatable bonds is 4. The Labute approximate surface area is 116 Å². The molecular weight excluding hydrogens is 254 g/mol. The van der Waals surface area contributed by atoms with Crippen molar-refractivity contribution in [3.05, 3.63) is 54.0 Å². The molecule has 0 atom stereocenters. The minimum Gasteiger partial charge on any atom is -0.497 e. The summed E-state index contributed by atoms with van der Waals surface area (Å²) in [6.45, 7) is 0. The van der Waals surface area contributed by atoms with E-state index in [0.29, 0.717) is 6.42 Å². The summed E-state index contributed by atoms with van der Waals surface area (Å²) >= 11 is 0. The molecule has 3 aromatic rings. The average Bonchev–Trinajstić information content (AvgIpc) is 2.90. The monoisotopic (exact) mass is 269 g/mol. The Morgan fingerprint density at radius 2 is 1.60 bits per heavy atom. The fourth-order valence-electron chi connectivity index (χ4n) is 2.09. The zero-order valence-electron chi connectivity index (χ0n) is 11.4. The van der Waals surface area contributed by atoms with Gasteiger partial charge in [-0.3, -0.25) is 4.40 Å². The second kappa shape index (κ2) is 5.21. The highest BCUT2D eigenvalue weighted by molar-refractivity contribution is 5.42. The van der Waals surface area contributed by atoms with E-state index in [1.807, 2.05) is 47.0 Å². The van der Waals surface area contributed by atoms with Crippen molar-refractivity contribution in [3.8, 4) is 11.5 Å². The number of ether oxygens (including phenoxy) is 2. The molecule has 0 unspecified atom stereocenters. The quantitative estimate of drug-likeness (QED) is 0.729. The Bertz CT molecular complexity index is 720. The third-order valence-corrected chi connectivity index (χ3v) is 3.20. The SMILES string of the molecule is COc1ccc(Cc2nnc3ccc(OC)cn23)cc1. The van der Waals surface area contributed by atoms with Gasteiger partial charge in [-0.1, -0.05) is 12.1 Å². The Kier molecular flexibility index (Phi) is 3.25. The van der Waals surface area contributed by atoms with E-state index in [1.54, 1.807) is 14.2 Å². The second-order valence-electron chi connectivity index (χ2n) is 4.44. The number of hydrogen-bond donors (Lipinski definition) is 0. The van der Waals surface area contributed by atoms with Gasteiger partial charge in [0.05, 0.1) is 20.4 Å². The Morgan fingerprint density at radius 1 is 0.900 bits per heavy atom. The summed E-state index contributed by atoms with van der Waals surface area (Å²) in [6.07, 6.45) is 2.60. The molecule has 0 saturated carbocycles. The Morgan fingerprint density at radius 3 is 2.30 bits per heavy atom. The van der Waals surface area contributed by atoms with Crippen molar-refractivity contribution < 1.29 is 9.47 Å². The second-order valence-corrected chi connectivity index (χ2v) is 4.44. The number of fused-ring (bicyclic) bond motifs is 1. The van der Waals surface area contributed by atoms with Crippen molar-refractivity contribution in [1.29, 1.82) is 0 Å². The Hall–Kier alpha value is -2.56. The van der Waals surface area contributed by atoms with E-state index in [-0.39, 0.29) is 0 Å². The zero-order chi connectivity index (χ0) is 13.9. The lowest BCUT2D eigenvalue weighted by Crippen LogP contribution is -1.97. The maximum atomic E-state index is 5.23. The van der Waals surface area contributed by atoms with E-state index >= 15 is 0 Å². The molecule has 2 heterocycles. The van der Waals surface area contributed by atoms with E-state index in [1.165, 1.54) is 0 Å². The van der Waals surface area contributed by atoms with Gasteiger partial charge in [0, 0.05) is 6.42 Å². The molecule has 0 radical (unpaired) electrons. The summed E-state index contributed by atoms with van der Waals surface area (Å²) in [7, 11) is 3.31. The molecule has 0 spiro atoms. The first-order chi connectivity index (χ1) is 9.80. The molecule has 0 saturated heterocycles. The van der Waals surface area contributed by atoms with Crippen LogP contribution in [0, 0.1) is 0 Å². The highest BCUT2D eigenvalue weighted by Gasteiger charge is 2.07. The average molecular weight is 269 g/mol. The first kappa shape index (κ1) is 12.5. The number of nitrogens with zero attached hydrogens (tertiary/aromatic N) is 3. The molecule has 5 nitrogen and oxygen atoms in total. The molecule has 20 heavy (non-hydrogen) atoms. The third-order valence-electron chi connectivity index (χ3n) is 3.20. The third kappa shape index (κ3) is 2.30. The van der Waals surface area contributed by atoms with Crippen LogP contribution >= 0.6 is 0 Å². The van der Waals surface area contributed by atoms with Crippen LogP contribution in [0.25, 0.3) is 5.65 Å². The van der Waals surface area contributed by atoms with Gasteiger partial charge in [-0.05, 0) is 29.8 Å². The van der Waals surface area contributed by atoms with Gasteiger partial charge in [0.1, 0.15) is 17.3 Å². The van der Waals surface area contributed by atoms with Crippen LogP contribution in [0.15, 0.2) is 42.6 Å². The molecule has 0 aliphatic heterocycles. The zero-order valence-corrected chi connectivity index (χ0v) is 11.4. The van der Waals surface area contributed by atoms with Gasteiger partial charge in [0.2, 0.25) is 0 Å². The normalized spacial score (nSPS) is 10.7. The van der Waals surface area contributed by atoms with Crippen LogP contribution in [0.4, 0.5) is 0 Å². The predicted octanol–water partition coefficient (Wildman–Crippen LogP) is 2.34. The maximum absolute atomic E-state index is 5.23. The van der Waals surface area contributed by atoms with Crippen LogP contribution < -0.4 is 9.47 Å². The van der Waals surface area contributed by atoms with Crippen LogP contribution in [0.2, 0.25) is 0 Å². The molecule has 0 amide bonds. The van der Waals surface area contributed by atoms with Crippen LogP contribution in [0.3, 0.4) is 0 Å². The predicted molar refractivity (Wildman–Crippen MR) is 75.3 cm³/mol. The fraction of sp³-hybridized carbons (Fsp3) is 0.200. The number of hydrogen-bond acceptors (Lipinski definition) is 4. The van der Waals surface area contributed by atoms with Gasteiger partial charge in [-0.25, -0.2) is 0 Å².